The van der Waals surface area contributed by atoms with Gasteiger partial charge in [0.2, 0.25) is 0 Å². The third-order valence-corrected chi connectivity index (χ3v) is 8.01. The van der Waals surface area contributed by atoms with E-state index in [1.165, 1.54) is 21.8 Å². The Kier molecular flexibility index (Phi) is 4.05. The first-order chi connectivity index (χ1) is 19.3. The van der Waals surface area contributed by atoms with Gasteiger partial charge in [-0.25, -0.2) is 0 Å². The van der Waals surface area contributed by atoms with Crippen molar-refractivity contribution >= 4 is 65.7 Å². The highest BCUT2D eigenvalue weighted by molar-refractivity contribution is 6.11. The molecule has 9 aromatic rings. The van der Waals surface area contributed by atoms with Gasteiger partial charge in [0.15, 0.2) is 0 Å². The number of nitrogens with zero attached hydrogens (tertiary/aromatic N) is 1. The lowest BCUT2D eigenvalue weighted by molar-refractivity contribution is 0.668. The number of para-hydroxylation sites is 3. The average Bonchev–Trinajstić information content (AvgIpc) is 3.65. The molecular formula is C36H21NO2. The first kappa shape index (κ1) is 20.7. The lowest BCUT2D eigenvalue weighted by Crippen LogP contribution is -1.93. The smallest absolute Gasteiger partial charge is 0.137 e. The first-order valence-electron chi connectivity index (χ1n) is 13.2. The third kappa shape index (κ3) is 2.93. The van der Waals surface area contributed by atoms with Gasteiger partial charge >= 0.3 is 0 Å². The molecule has 3 heterocycles. The fourth-order valence-corrected chi connectivity index (χ4v) is 6.19. The summed E-state index contributed by atoms with van der Waals surface area (Å²) >= 11 is 0. The van der Waals surface area contributed by atoms with Gasteiger partial charge in [0, 0.05) is 44.1 Å². The van der Waals surface area contributed by atoms with Crippen molar-refractivity contribution in [3.63, 3.8) is 0 Å². The lowest BCUT2D eigenvalue weighted by Gasteiger charge is -2.07. The van der Waals surface area contributed by atoms with Gasteiger partial charge in [0.1, 0.15) is 22.3 Å². The Labute approximate surface area is 223 Å². The highest BCUT2D eigenvalue weighted by atomic mass is 16.3. The maximum atomic E-state index is 6.38. The topological polar surface area (TPSA) is 31.2 Å². The molecule has 0 spiro atoms. The van der Waals surface area contributed by atoms with E-state index in [9.17, 15) is 0 Å². The molecule has 3 aromatic heterocycles. The predicted octanol–water partition coefficient (Wildman–Crippen LogP) is 10.2. The summed E-state index contributed by atoms with van der Waals surface area (Å²) in [5.74, 6) is 0. The van der Waals surface area contributed by atoms with Crippen LogP contribution in [-0.4, -0.2) is 4.57 Å². The number of benzene rings is 6. The molecule has 39 heavy (non-hydrogen) atoms. The quantitative estimate of drug-likeness (QED) is 0.237. The van der Waals surface area contributed by atoms with E-state index >= 15 is 0 Å². The monoisotopic (exact) mass is 499 g/mol. The molecule has 6 aromatic carbocycles. The van der Waals surface area contributed by atoms with Crippen LogP contribution >= 0.6 is 0 Å². The van der Waals surface area contributed by atoms with Gasteiger partial charge in [-0.15, -0.1) is 0 Å². The first-order valence-corrected chi connectivity index (χ1v) is 13.2. The predicted molar refractivity (Wildman–Crippen MR) is 161 cm³/mol. The van der Waals surface area contributed by atoms with Crippen LogP contribution in [0.15, 0.2) is 136 Å². The van der Waals surface area contributed by atoms with Crippen LogP contribution in [-0.2, 0) is 0 Å². The number of furan rings is 2. The molecule has 9 rings (SSSR count). The molecule has 0 aliphatic rings. The fraction of sp³-hybridized carbons (Fsp3) is 0. The molecule has 0 bridgehead atoms. The van der Waals surface area contributed by atoms with Gasteiger partial charge in [-0.1, -0.05) is 66.7 Å². The minimum Gasteiger partial charge on any atom is -0.456 e. The van der Waals surface area contributed by atoms with Gasteiger partial charge in [-0.2, -0.15) is 0 Å². The van der Waals surface area contributed by atoms with Crippen LogP contribution in [0.2, 0.25) is 0 Å². The minimum absolute atomic E-state index is 0.884. The molecule has 0 N–H and O–H groups in total. The Morgan fingerprint density at radius 1 is 0.359 bits per heavy atom. The van der Waals surface area contributed by atoms with Gasteiger partial charge in [-0.3, -0.25) is 0 Å². The van der Waals surface area contributed by atoms with Crippen molar-refractivity contribution in [2.75, 3.05) is 0 Å². The van der Waals surface area contributed by atoms with E-state index in [0.717, 1.165) is 60.7 Å². The zero-order chi connectivity index (χ0) is 25.5. The molecule has 0 aliphatic heterocycles. The third-order valence-electron chi connectivity index (χ3n) is 8.01. The van der Waals surface area contributed by atoms with Crippen LogP contribution in [0.25, 0.3) is 82.5 Å². The molecule has 0 radical (unpaired) electrons. The summed E-state index contributed by atoms with van der Waals surface area (Å²) < 4.78 is 14.9. The summed E-state index contributed by atoms with van der Waals surface area (Å²) in [5.41, 5.74) is 9.33. The molecule has 0 atom stereocenters. The van der Waals surface area contributed by atoms with Crippen molar-refractivity contribution in [1.29, 1.82) is 0 Å². The van der Waals surface area contributed by atoms with Crippen LogP contribution in [0, 0.1) is 0 Å². The van der Waals surface area contributed by atoms with E-state index in [1.54, 1.807) is 0 Å². The average molecular weight is 500 g/mol. The molecule has 0 saturated heterocycles. The molecule has 0 aliphatic carbocycles. The maximum Gasteiger partial charge on any atom is 0.137 e. The number of fused-ring (bicyclic) bond motifs is 9. The summed E-state index contributed by atoms with van der Waals surface area (Å²) in [6, 6.07) is 44.8. The molecule has 3 heteroatoms. The van der Waals surface area contributed by atoms with E-state index < -0.39 is 0 Å². The number of aromatic nitrogens is 1. The SMILES string of the molecule is c1ccc2c(c1)oc1cc(-c3ccc4oc5cc(-n6c7ccccc7c7ccccc76)ccc5c4c3)ccc12. The van der Waals surface area contributed by atoms with Crippen LogP contribution < -0.4 is 0 Å². The van der Waals surface area contributed by atoms with Crippen molar-refractivity contribution in [2.24, 2.45) is 0 Å². The molecule has 0 saturated carbocycles. The zero-order valence-electron chi connectivity index (χ0n) is 20.9. The fourth-order valence-electron chi connectivity index (χ4n) is 6.19. The molecule has 182 valence electrons. The standard InChI is InChI=1S/C36H21NO2/c1-4-10-31-25(7-1)26-8-2-5-11-32(26)37(31)24-15-17-29-30-19-22(14-18-34(30)39-36(29)21-24)23-13-16-28-27-9-3-6-12-33(27)38-35(28)20-23/h1-21H. The van der Waals surface area contributed by atoms with Crippen molar-refractivity contribution in [1.82, 2.24) is 4.57 Å². The van der Waals surface area contributed by atoms with Crippen molar-refractivity contribution in [3.05, 3.63) is 127 Å². The van der Waals surface area contributed by atoms with Crippen LogP contribution in [0.4, 0.5) is 0 Å². The van der Waals surface area contributed by atoms with Crippen molar-refractivity contribution in [3.8, 4) is 16.8 Å². The molecule has 3 nitrogen and oxygen atoms in total. The molecule has 0 amide bonds. The summed E-state index contributed by atoms with van der Waals surface area (Å²) in [6.45, 7) is 0. The lowest BCUT2D eigenvalue weighted by atomic mass is 10.0. The Bertz CT molecular complexity index is 2350. The Balaban J connectivity index is 1.21. The molecule has 0 fully saturated rings. The summed E-state index contributed by atoms with van der Waals surface area (Å²) in [5, 5.41) is 7.02. The maximum absolute atomic E-state index is 6.38. The second-order valence-corrected chi connectivity index (χ2v) is 10.2. The Morgan fingerprint density at radius 3 is 1.69 bits per heavy atom. The van der Waals surface area contributed by atoms with Crippen LogP contribution in [0.1, 0.15) is 0 Å². The summed E-state index contributed by atoms with van der Waals surface area (Å²) in [7, 11) is 0. The van der Waals surface area contributed by atoms with E-state index in [1.807, 2.05) is 12.1 Å². The van der Waals surface area contributed by atoms with Crippen molar-refractivity contribution in [2.45, 2.75) is 0 Å². The highest BCUT2D eigenvalue weighted by Gasteiger charge is 2.15. The van der Waals surface area contributed by atoms with Crippen LogP contribution in [0.5, 0.6) is 0 Å². The normalized spacial score (nSPS) is 12.1. The van der Waals surface area contributed by atoms with Gasteiger partial charge in [0.25, 0.3) is 0 Å². The van der Waals surface area contributed by atoms with E-state index in [2.05, 4.69) is 120 Å². The largest absolute Gasteiger partial charge is 0.456 e. The van der Waals surface area contributed by atoms with E-state index in [0.29, 0.717) is 0 Å². The second kappa shape index (κ2) is 7.62. The minimum atomic E-state index is 0.884. The Hall–Kier alpha value is -5.28. The summed E-state index contributed by atoms with van der Waals surface area (Å²) in [4.78, 5) is 0. The number of hydrogen-bond acceptors (Lipinski definition) is 2. The zero-order valence-corrected chi connectivity index (χ0v) is 20.9. The van der Waals surface area contributed by atoms with Gasteiger partial charge in [-0.05, 0) is 65.7 Å². The van der Waals surface area contributed by atoms with Gasteiger partial charge in [0.05, 0.1) is 11.0 Å². The number of rotatable bonds is 2. The van der Waals surface area contributed by atoms with E-state index in [-0.39, 0.29) is 0 Å². The second-order valence-electron chi connectivity index (χ2n) is 10.2. The Morgan fingerprint density at radius 2 is 0.897 bits per heavy atom. The highest BCUT2D eigenvalue weighted by Crippen LogP contribution is 2.38. The molecular weight excluding hydrogens is 478 g/mol. The number of hydrogen-bond donors (Lipinski definition) is 0. The van der Waals surface area contributed by atoms with E-state index in [4.69, 9.17) is 8.83 Å². The van der Waals surface area contributed by atoms with Crippen molar-refractivity contribution < 1.29 is 8.83 Å². The van der Waals surface area contributed by atoms with Gasteiger partial charge < -0.3 is 13.4 Å². The molecule has 0 unspecified atom stereocenters. The summed E-state index contributed by atoms with van der Waals surface area (Å²) in [6.07, 6.45) is 0. The van der Waals surface area contributed by atoms with Crippen LogP contribution in [0.3, 0.4) is 0 Å².